The third-order valence-corrected chi connectivity index (χ3v) is 4.86. The standard InChI is InChI=1S/C14H24N2/c1-10(16(2)12-6-7-12)9-15-14-8-11-4-3-5-13(11)14/h3,5,10-15H,4,6-9H2,1-2H3. The van der Waals surface area contributed by atoms with Gasteiger partial charge in [-0.15, -0.1) is 0 Å². The molecule has 4 unspecified atom stereocenters. The SMILES string of the molecule is CC(CNC1CC2CC=CC21)N(C)C1CC1. The van der Waals surface area contributed by atoms with E-state index in [-0.39, 0.29) is 0 Å². The van der Waals surface area contributed by atoms with E-state index in [1.807, 2.05) is 0 Å². The maximum atomic E-state index is 3.76. The summed E-state index contributed by atoms with van der Waals surface area (Å²) in [5.41, 5.74) is 0. The van der Waals surface area contributed by atoms with Crippen molar-refractivity contribution in [3.63, 3.8) is 0 Å². The summed E-state index contributed by atoms with van der Waals surface area (Å²) in [5, 5.41) is 3.76. The van der Waals surface area contributed by atoms with Crippen molar-refractivity contribution in [2.24, 2.45) is 11.8 Å². The molecule has 2 heteroatoms. The summed E-state index contributed by atoms with van der Waals surface area (Å²) in [6, 6.07) is 2.35. The first-order valence-corrected chi connectivity index (χ1v) is 6.87. The van der Waals surface area contributed by atoms with E-state index in [1.54, 1.807) is 0 Å². The van der Waals surface area contributed by atoms with Gasteiger partial charge >= 0.3 is 0 Å². The van der Waals surface area contributed by atoms with Crippen LogP contribution in [0.1, 0.15) is 32.6 Å². The lowest BCUT2D eigenvalue weighted by molar-refractivity contribution is 0.146. The van der Waals surface area contributed by atoms with Gasteiger partial charge in [0.05, 0.1) is 0 Å². The number of rotatable bonds is 5. The molecule has 3 aliphatic carbocycles. The van der Waals surface area contributed by atoms with Crippen LogP contribution >= 0.6 is 0 Å². The Morgan fingerprint density at radius 2 is 2.25 bits per heavy atom. The van der Waals surface area contributed by atoms with E-state index in [0.29, 0.717) is 6.04 Å². The van der Waals surface area contributed by atoms with Crippen molar-refractivity contribution in [1.29, 1.82) is 0 Å². The number of likely N-dealkylation sites (N-methyl/N-ethyl adjacent to an activating group) is 1. The molecule has 0 aliphatic heterocycles. The van der Waals surface area contributed by atoms with E-state index in [2.05, 4.69) is 36.3 Å². The van der Waals surface area contributed by atoms with Crippen LogP contribution in [0.2, 0.25) is 0 Å². The van der Waals surface area contributed by atoms with Gasteiger partial charge in [0, 0.05) is 24.7 Å². The maximum absolute atomic E-state index is 3.76. The Morgan fingerprint density at radius 1 is 1.44 bits per heavy atom. The first-order valence-electron chi connectivity index (χ1n) is 6.87. The second kappa shape index (κ2) is 4.15. The number of allylic oxidation sites excluding steroid dienone is 1. The average molecular weight is 220 g/mol. The van der Waals surface area contributed by atoms with Crippen molar-refractivity contribution in [1.82, 2.24) is 10.2 Å². The van der Waals surface area contributed by atoms with Gasteiger partial charge in [0.1, 0.15) is 0 Å². The number of hydrogen-bond acceptors (Lipinski definition) is 2. The summed E-state index contributed by atoms with van der Waals surface area (Å²) in [6.07, 6.45) is 10.4. The van der Waals surface area contributed by atoms with Crippen molar-refractivity contribution in [3.8, 4) is 0 Å². The molecule has 16 heavy (non-hydrogen) atoms. The number of nitrogens with zero attached hydrogens (tertiary/aromatic N) is 1. The quantitative estimate of drug-likeness (QED) is 0.713. The van der Waals surface area contributed by atoms with E-state index >= 15 is 0 Å². The molecule has 0 heterocycles. The Labute approximate surface area is 99.1 Å². The molecule has 0 spiro atoms. The van der Waals surface area contributed by atoms with Gasteiger partial charge in [-0.25, -0.2) is 0 Å². The molecule has 0 radical (unpaired) electrons. The Bertz CT molecular complexity index is 282. The fraction of sp³-hybridized carbons (Fsp3) is 0.857. The maximum Gasteiger partial charge on any atom is 0.0192 e. The molecule has 4 atom stereocenters. The molecule has 1 N–H and O–H groups in total. The van der Waals surface area contributed by atoms with Crippen LogP contribution in [-0.4, -0.2) is 36.6 Å². The van der Waals surface area contributed by atoms with Crippen LogP contribution in [-0.2, 0) is 0 Å². The zero-order chi connectivity index (χ0) is 11.1. The monoisotopic (exact) mass is 220 g/mol. The Hall–Kier alpha value is -0.340. The van der Waals surface area contributed by atoms with Crippen molar-refractivity contribution in [2.75, 3.05) is 13.6 Å². The zero-order valence-corrected chi connectivity index (χ0v) is 10.5. The van der Waals surface area contributed by atoms with Crippen LogP contribution in [0.5, 0.6) is 0 Å². The topological polar surface area (TPSA) is 15.3 Å². The third-order valence-electron chi connectivity index (χ3n) is 4.86. The highest BCUT2D eigenvalue weighted by atomic mass is 15.2. The predicted octanol–water partition coefficient (Wildman–Crippen LogP) is 2.02. The smallest absolute Gasteiger partial charge is 0.0192 e. The van der Waals surface area contributed by atoms with Gasteiger partial charge in [-0.05, 0) is 51.5 Å². The van der Waals surface area contributed by atoms with Crippen LogP contribution in [0.15, 0.2) is 12.2 Å². The van der Waals surface area contributed by atoms with Crippen LogP contribution in [0.3, 0.4) is 0 Å². The molecule has 2 nitrogen and oxygen atoms in total. The first-order chi connectivity index (χ1) is 7.75. The van der Waals surface area contributed by atoms with Crippen LogP contribution in [0.25, 0.3) is 0 Å². The van der Waals surface area contributed by atoms with Gasteiger partial charge in [0.2, 0.25) is 0 Å². The molecule has 0 aromatic carbocycles. The zero-order valence-electron chi connectivity index (χ0n) is 10.5. The van der Waals surface area contributed by atoms with Gasteiger partial charge in [-0.2, -0.15) is 0 Å². The number of hydrogen-bond donors (Lipinski definition) is 1. The number of fused-ring (bicyclic) bond motifs is 1. The molecular weight excluding hydrogens is 196 g/mol. The minimum atomic E-state index is 0.692. The molecule has 3 rings (SSSR count). The molecule has 0 saturated heterocycles. The first kappa shape index (κ1) is 10.8. The van der Waals surface area contributed by atoms with E-state index in [1.165, 1.54) is 25.7 Å². The van der Waals surface area contributed by atoms with Crippen molar-refractivity contribution in [2.45, 2.75) is 50.7 Å². The Balaban J connectivity index is 1.41. The van der Waals surface area contributed by atoms with Crippen molar-refractivity contribution in [3.05, 3.63) is 12.2 Å². The molecular formula is C14H24N2. The summed E-state index contributed by atoms with van der Waals surface area (Å²) >= 11 is 0. The highest BCUT2D eigenvalue weighted by Crippen LogP contribution is 2.42. The fourth-order valence-corrected chi connectivity index (χ4v) is 3.26. The summed E-state index contributed by atoms with van der Waals surface area (Å²) < 4.78 is 0. The van der Waals surface area contributed by atoms with E-state index in [9.17, 15) is 0 Å². The highest BCUT2D eigenvalue weighted by molar-refractivity contribution is 5.12. The van der Waals surface area contributed by atoms with Gasteiger partial charge in [-0.1, -0.05) is 12.2 Å². The second-order valence-corrected chi connectivity index (χ2v) is 6.00. The van der Waals surface area contributed by atoms with Crippen LogP contribution < -0.4 is 5.32 Å². The van der Waals surface area contributed by atoms with Crippen LogP contribution in [0, 0.1) is 11.8 Å². The third kappa shape index (κ3) is 1.93. The molecule has 2 saturated carbocycles. The van der Waals surface area contributed by atoms with Gasteiger partial charge < -0.3 is 5.32 Å². The van der Waals surface area contributed by atoms with E-state index in [4.69, 9.17) is 0 Å². The normalized spacial score (nSPS) is 38.6. The summed E-state index contributed by atoms with van der Waals surface area (Å²) in [6.45, 7) is 3.51. The lowest BCUT2D eigenvalue weighted by Gasteiger charge is -2.41. The molecule has 0 aromatic heterocycles. The van der Waals surface area contributed by atoms with Gasteiger partial charge in [0.15, 0.2) is 0 Å². The highest BCUT2D eigenvalue weighted by Gasteiger charge is 2.40. The second-order valence-electron chi connectivity index (χ2n) is 6.00. The summed E-state index contributed by atoms with van der Waals surface area (Å²) in [7, 11) is 2.28. The Kier molecular flexibility index (Phi) is 2.80. The van der Waals surface area contributed by atoms with E-state index in [0.717, 1.165) is 30.5 Å². The van der Waals surface area contributed by atoms with Gasteiger partial charge in [-0.3, -0.25) is 4.90 Å². The van der Waals surface area contributed by atoms with Crippen molar-refractivity contribution >= 4 is 0 Å². The molecule has 2 fully saturated rings. The largest absolute Gasteiger partial charge is 0.312 e. The van der Waals surface area contributed by atoms with E-state index < -0.39 is 0 Å². The average Bonchev–Trinajstić information content (AvgIpc) is 3.03. The lowest BCUT2D eigenvalue weighted by Crippen LogP contribution is -2.51. The summed E-state index contributed by atoms with van der Waals surface area (Å²) in [5.74, 6) is 1.84. The fourth-order valence-electron chi connectivity index (χ4n) is 3.26. The molecule has 3 aliphatic rings. The van der Waals surface area contributed by atoms with Gasteiger partial charge in [0.25, 0.3) is 0 Å². The summed E-state index contributed by atoms with van der Waals surface area (Å²) in [4.78, 5) is 2.55. The minimum absolute atomic E-state index is 0.692. The lowest BCUT2D eigenvalue weighted by atomic mass is 9.71. The molecule has 0 amide bonds. The number of nitrogens with one attached hydrogen (secondary N) is 1. The predicted molar refractivity (Wildman–Crippen MR) is 67.4 cm³/mol. The van der Waals surface area contributed by atoms with Crippen LogP contribution in [0.4, 0.5) is 0 Å². The molecule has 90 valence electrons. The Morgan fingerprint density at radius 3 is 2.94 bits per heavy atom. The molecule has 0 bridgehead atoms. The minimum Gasteiger partial charge on any atom is -0.312 e. The molecule has 0 aromatic rings. The van der Waals surface area contributed by atoms with Crippen molar-refractivity contribution < 1.29 is 0 Å².